The van der Waals surface area contributed by atoms with Crippen LogP contribution in [-0.2, 0) is 6.42 Å². The van der Waals surface area contributed by atoms with Crippen LogP contribution in [0, 0.1) is 0 Å². The fourth-order valence-electron chi connectivity index (χ4n) is 1.86. The number of fused-ring (bicyclic) bond motifs is 1. The zero-order valence-electron chi connectivity index (χ0n) is 10.6. The van der Waals surface area contributed by atoms with Crippen molar-refractivity contribution in [2.45, 2.75) is 6.42 Å². The topological polar surface area (TPSA) is 85.1 Å². The highest BCUT2D eigenvalue weighted by atomic mass is 16.1. The van der Waals surface area contributed by atoms with Gasteiger partial charge in [0.2, 0.25) is 0 Å². The molecule has 3 rings (SSSR count). The highest BCUT2D eigenvalue weighted by molar-refractivity contribution is 5.91. The Morgan fingerprint density at radius 1 is 1.25 bits per heavy atom. The number of pyridine rings is 1. The van der Waals surface area contributed by atoms with E-state index in [2.05, 4.69) is 25.5 Å². The lowest BCUT2D eigenvalue weighted by atomic mass is 10.3. The van der Waals surface area contributed by atoms with Crippen molar-refractivity contribution >= 4 is 11.6 Å². The Hall–Kier alpha value is -2.83. The second-order valence-electron chi connectivity index (χ2n) is 4.14. The van der Waals surface area contributed by atoms with E-state index in [4.69, 9.17) is 0 Å². The zero-order valence-corrected chi connectivity index (χ0v) is 10.6. The molecule has 0 atom stereocenters. The third-order valence-corrected chi connectivity index (χ3v) is 2.81. The largest absolute Gasteiger partial charge is 0.350 e. The van der Waals surface area contributed by atoms with Crippen molar-refractivity contribution in [3.63, 3.8) is 0 Å². The van der Waals surface area contributed by atoms with Gasteiger partial charge in [0.15, 0.2) is 5.65 Å². The number of hydrogen-bond acceptors (Lipinski definition) is 5. The Labute approximate surface area is 114 Å². The Balaban J connectivity index is 1.62. The van der Waals surface area contributed by atoms with Crippen LogP contribution < -0.4 is 5.32 Å². The molecule has 0 aliphatic rings. The van der Waals surface area contributed by atoms with Crippen LogP contribution in [0.4, 0.5) is 0 Å². The van der Waals surface area contributed by atoms with E-state index in [1.54, 1.807) is 0 Å². The minimum atomic E-state index is -0.244. The lowest BCUT2D eigenvalue weighted by molar-refractivity contribution is 0.0948. The smallest absolute Gasteiger partial charge is 0.271 e. The molecule has 3 aromatic heterocycles. The number of carbonyl (C=O) groups excluding carboxylic acids is 1. The molecule has 7 heteroatoms. The molecular weight excluding hydrogens is 256 g/mol. The first-order valence-corrected chi connectivity index (χ1v) is 6.17. The van der Waals surface area contributed by atoms with Crippen LogP contribution in [0.25, 0.3) is 5.65 Å². The minimum absolute atomic E-state index is 0.244. The Morgan fingerprint density at radius 2 is 2.20 bits per heavy atom. The van der Waals surface area contributed by atoms with E-state index in [1.807, 2.05) is 28.8 Å². The molecule has 0 unspecified atom stereocenters. The lowest BCUT2D eigenvalue weighted by Gasteiger charge is -2.03. The Bertz CT molecular complexity index is 724. The van der Waals surface area contributed by atoms with Crippen LogP contribution >= 0.6 is 0 Å². The SMILES string of the molecule is O=C(NCCc1nnc2ccccn12)c1cnccn1. The number of nitrogens with zero attached hydrogens (tertiary/aromatic N) is 5. The molecule has 7 nitrogen and oxygen atoms in total. The number of rotatable bonds is 4. The second kappa shape index (κ2) is 5.43. The van der Waals surface area contributed by atoms with Gasteiger partial charge in [-0.3, -0.25) is 14.2 Å². The Morgan fingerprint density at radius 3 is 3.05 bits per heavy atom. The van der Waals surface area contributed by atoms with Crippen LogP contribution in [-0.4, -0.2) is 37.0 Å². The maximum Gasteiger partial charge on any atom is 0.271 e. The summed E-state index contributed by atoms with van der Waals surface area (Å²) < 4.78 is 1.90. The van der Waals surface area contributed by atoms with Crippen molar-refractivity contribution in [1.29, 1.82) is 0 Å². The maximum atomic E-state index is 11.8. The van der Waals surface area contributed by atoms with Crippen molar-refractivity contribution in [1.82, 2.24) is 29.9 Å². The third-order valence-electron chi connectivity index (χ3n) is 2.81. The van der Waals surface area contributed by atoms with Gasteiger partial charge in [0.05, 0.1) is 6.20 Å². The van der Waals surface area contributed by atoms with Crippen LogP contribution in [0.1, 0.15) is 16.3 Å². The standard InChI is InChI=1S/C13H12N6O/c20-13(10-9-14-6-7-15-10)16-5-4-12-18-17-11-3-1-2-8-19(11)12/h1-3,6-9H,4-5H2,(H,16,20). The van der Waals surface area contributed by atoms with Crippen molar-refractivity contribution in [3.05, 3.63) is 54.5 Å². The van der Waals surface area contributed by atoms with Gasteiger partial charge in [-0.15, -0.1) is 10.2 Å². The van der Waals surface area contributed by atoms with E-state index in [1.165, 1.54) is 18.6 Å². The number of carbonyl (C=O) groups is 1. The van der Waals surface area contributed by atoms with E-state index in [-0.39, 0.29) is 5.91 Å². The summed E-state index contributed by atoms with van der Waals surface area (Å²) in [7, 11) is 0. The fourth-order valence-corrected chi connectivity index (χ4v) is 1.86. The predicted molar refractivity (Wildman–Crippen MR) is 71.1 cm³/mol. The molecule has 20 heavy (non-hydrogen) atoms. The summed E-state index contributed by atoms with van der Waals surface area (Å²) in [4.78, 5) is 19.6. The lowest BCUT2D eigenvalue weighted by Crippen LogP contribution is -2.27. The molecule has 0 spiro atoms. The normalized spacial score (nSPS) is 10.6. The Kier molecular flexibility index (Phi) is 3.32. The van der Waals surface area contributed by atoms with Gasteiger partial charge in [0, 0.05) is 31.6 Å². The highest BCUT2D eigenvalue weighted by Gasteiger charge is 2.08. The van der Waals surface area contributed by atoms with Crippen molar-refractivity contribution in [3.8, 4) is 0 Å². The van der Waals surface area contributed by atoms with Crippen molar-refractivity contribution < 1.29 is 4.79 Å². The van der Waals surface area contributed by atoms with Gasteiger partial charge in [0.1, 0.15) is 11.5 Å². The van der Waals surface area contributed by atoms with Crippen molar-refractivity contribution in [2.24, 2.45) is 0 Å². The highest BCUT2D eigenvalue weighted by Crippen LogP contribution is 2.02. The molecular formula is C13H12N6O. The molecule has 1 amide bonds. The van der Waals surface area contributed by atoms with E-state index >= 15 is 0 Å². The van der Waals surface area contributed by atoms with E-state index < -0.39 is 0 Å². The molecule has 3 heterocycles. The first-order valence-electron chi connectivity index (χ1n) is 6.17. The van der Waals surface area contributed by atoms with E-state index in [0.717, 1.165) is 11.5 Å². The van der Waals surface area contributed by atoms with E-state index in [0.29, 0.717) is 18.7 Å². The number of nitrogens with one attached hydrogen (secondary N) is 1. The fraction of sp³-hybridized carbons (Fsp3) is 0.154. The van der Waals surface area contributed by atoms with Crippen LogP contribution in [0.15, 0.2) is 43.0 Å². The van der Waals surface area contributed by atoms with Crippen LogP contribution in [0.2, 0.25) is 0 Å². The molecule has 100 valence electrons. The molecule has 0 fully saturated rings. The molecule has 0 aromatic carbocycles. The minimum Gasteiger partial charge on any atom is -0.350 e. The second-order valence-corrected chi connectivity index (χ2v) is 4.14. The van der Waals surface area contributed by atoms with Gasteiger partial charge < -0.3 is 5.32 Å². The summed E-state index contributed by atoms with van der Waals surface area (Å²) in [5, 5.41) is 10.9. The van der Waals surface area contributed by atoms with Gasteiger partial charge in [0.25, 0.3) is 5.91 Å². The maximum absolute atomic E-state index is 11.8. The molecule has 3 aromatic rings. The zero-order chi connectivity index (χ0) is 13.8. The van der Waals surface area contributed by atoms with Gasteiger partial charge >= 0.3 is 0 Å². The molecule has 0 bridgehead atoms. The van der Waals surface area contributed by atoms with Gasteiger partial charge in [-0.05, 0) is 12.1 Å². The molecule has 0 radical (unpaired) electrons. The summed E-state index contributed by atoms with van der Waals surface area (Å²) in [5.74, 6) is 0.562. The molecule has 0 saturated carbocycles. The van der Waals surface area contributed by atoms with Gasteiger partial charge in [-0.2, -0.15) is 0 Å². The molecule has 0 saturated heterocycles. The molecule has 1 N–H and O–H groups in total. The predicted octanol–water partition coefficient (Wildman–Crippen LogP) is 0.492. The number of amides is 1. The quantitative estimate of drug-likeness (QED) is 0.744. The number of aromatic nitrogens is 5. The summed E-state index contributed by atoms with van der Waals surface area (Å²) in [6, 6.07) is 5.70. The van der Waals surface area contributed by atoms with Crippen LogP contribution in [0.5, 0.6) is 0 Å². The van der Waals surface area contributed by atoms with Gasteiger partial charge in [-0.1, -0.05) is 6.07 Å². The van der Waals surface area contributed by atoms with E-state index in [9.17, 15) is 4.79 Å². The average Bonchev–Trinajstić information content (AvgIpc) is 2.92. The summed E-state index contributed by atoms with van der Waals surface area (Å²) >= 11 is 0. The van der Waals surface area contributed by atoms with Crippen molar-refractivity contribution in [2.75, 3.05) is 6.54 Å². The first kappa shape index (κ1) is 12.2. The monoisotopic (exact) mass is 268 g/mol. The summed E-state index contributed by atoms with van der Waals surface area (Å²) in [5.41, 5.74) is 1.10. The first-order chi connectivity index (χ1) is 9.84. The summed E-state index contributed by atoms with van der Waals surface area (Å²) in [6.07, 6.45) is 6.94. The molecule has 0 aliphatic carbocycles. The van der Waals surface area contributed by atoms with Crippen LogP contribution in [0.3, 0.4) is 0 Å². The summed E-state index contributed by atoms with van der Waals surface area (Å²) in [6.45, 7) is 0.463. The number of hydrogen-bond donors (Lipinski definition) is 1. The molecule has 0 aliphatic heterocycles. The third kappa shape index (κ3) is 2.46. The average molecular weight is 268 g/mol. The van der Waals surface area contributed by atoms with Gasteiger partial charge in [-0.25, -0.2) is 4.98 Å².